The smallest absolute Gasteiger partial charge is 0.359 e. The SMILES string of the molecule is CCCCCCn1nc(C(=O)OCC(=O)NC(=O)NCCOC)c2ccccc2c1=O. The minimum atomic E-state index is -0.853. The highest BCUT2D eigenvalue weighted by Gasteiger charge is 2.19. The van der Waals surface area contributed by atoms with E-state index < -0.39 is 24.5 Å². The monoisotopic (exact) mass is 432 g/mol. The second-order valence-corrected chi connectivity index (χ2v) is 6.86. The van der Waals surface area contributed by atoms with Crippen LogP contribution in [0.1, 0.15) is 43.1 Å². The lowest BCUT2D eigenvalue weighted by Crippen LogP contribution is -2.42. The summed E-state index contributed by atoms with van der Waals surface area (Å²) in [6.45, 7) is 2.33. The van der Waals surface area contributed by atoms with Crippen molar-refractivity contribution in [1.29, 1.82) is 0 Å². The van der Waals surface area contributed by atoms with E-state index in [4.69, 9.17) is 9.47 Å². The molecule has 0 unspecified atom stereocenters. The van der Waals surface area contributed by atoms with Gasteiger partial charge >= 0.3 is 12.0 Å². The molecule has 3 amide bonds. The minimum absolute atomic E-state index is 0.0527. The van der Waals surface area contributed by atoms with E-state index in [9.17, 15) is 19.2 Å². The third-order valence-electron chi connectivity index (χ3n) is 4.46. The molecule has 10 nitrogen and oxygen atoms in total. The number of carbonyl (C=O) groups is 3. The van der Waals surface area contributed by atoms with Crippen molar-refractivity contribution in [3.8, 4) is 0 Å². The van der Waals surface area contributed by atoms with E-state index in [1.165, 1.54) is 11.8 Å². The van der Waals surface area contributed by atoms with Gasteiger partial charge in [0.15, 0.2) is 12.3 Å². The highest BCUT2D eigenvalue weighted by molar-refractivity contribution is 6.03. The zero-order valence-electron chi connectivity index (χ0n) is 17.8. The van der Waals surface area contributed by atoms with E-state index in [0.29, 0.717) is 23.9 Å². The van der Waals surface area contributed by atoms with Crippen molar-refractivity contribution in [2.75, 3.05) is 26.9 Å². The van der Waals surface area contributed by atoms with Gasteiger partial charge in [0.25, 0.3) is 11.5 Å². The van der Waals surface area contributed by atoms with Gasteiger partial charge in [-0.15, -0.1) is 0 Å². The van der Waals surface area contributed by atoms with E-state index in [-0.39, 0.29) is 17.8 Å². The molecule has 2 N–H and O–H groups in total. The predicted octanol–water partition coefficient (Wildman–Crippen LogP) is 1.61. The minimum Gasteiger partial charge on any atom is -0.451 e. The molecule has 10 heteroatoms. The van der Waals surface area contributed by atoms with Crippen LogP contribution in [-0.4, -0.2) is 54.6 Å². The Labute approximate surface area is 179 Å². The molecule has 2 aromatic rings. The molecule has 2 rings (SSSR count). The fourth-order valence-corrected chi connectivity index (χ4v) is 2.90. The number of ether oxygens (including phenoxy) is 2. The first-order valence-electron chi connectivity index (χ1n) is 10.2. The van der Waals surface area contributed by atoms with Crippen LogP contribution < -0.4 is 16.2 Å². The van der Waals surface area contributed by atoms with Crippen LogP contribution in [0.2, 0.25) is 0 Å². The summed E-state index contributed by atoms with van der Waals surface area (Å²) in [4.78, 5) is 48.7. The molecule has 0 aliphatic rings. The molecule has 31 heavy (non-hydrogen) atoms. The number of hydrogen-bond donors (Lipinski definition) is 2. The number of urea groups is 1. The molecule has 0 saturated heterocycles. The highest BCUT2D eigenvalue weighted by atomic mass is 16.5. The zero-order valence-corrected chi connectivity index (χ0v) is 17.8. The normalized spacial score (nSPS) is 10.6. The number of amides is 3. The van der Waals surface area contributed by atoms with Crippen LogP contribution in [0.25, 0.3) is 10.8 Å². The topological polar surface area (TPSA) is 129 Å². The average molecular weight is 432 g/mol. The maximum Gasteiger partial charge on any atom is 0.359 e. The van der Waals surface area contributed by atoms with Crippen LogP contribution in [0.3, 0.4) is 0 Å². The van der Waals surface area contributed by atoms with Gasteiger partial charge in [0.1, 0.15) is 0 Å². The van der Waals surface area contributed by atoms with E-state index in [1.54, 1.807) is 24.3 Å². The Bertz CT molecular complexity index is 972. The van der Waals surface area contributed by atoms with Crippen LogP contribution in [0.5, 0.6) is 0 Å². The summed E-state index contributed by atoms with van der Waals surface area (Å²) in [6.07, 6.45) is 3.81. The van der Waals surface area contributed by atoms with Gasteiger partial charge in [-0.3, -0.25) is 14.9 Å². The van der Waals surface area contributed by atoms with Gasteiger partial charge in [0.2, 0.25) is 0 Å². The van der Waals surface area contributed by atoms with Crippen molar-refractivity contribution < 1.29 is 23.9 Å². The van der Waals surface area contributed by atoms with E-state index in [0.717, 1.165) is 25.7 Å². The summed E-state index contributed by atoms with van der Waals surface area (Å²) >= 11 is 0. The van der Waals surface area contributed by atoms with Crippen molar-refractivity contribution in [2.24, 2.45) is 0 Å². The Morgan fingerprint density at radius 1 is 1.10 bits per heavy atom. The van der Waals surface area contributed by atoms with Crippen molar-refractivity contribution >= 4 is 28.7 Å². The standard InChI is InChI=1S/C21H28N4O6/c1-3-4-5-8-12-25-19(27)16-10-7-6-9-15(16)18(24-25)20(28)31-14-17(26)23-21(29)22-11-13-30-2/h6-7,9-10H,3-5,8,11-14H2,1-2H3,(H2,22,23,26,29). The Balaban J connectivity index is 2.08. The number of nitrogens with zero attached hydrogens (tertiary/aromatic N) is 2. The number of fused-ring (bicyclic) bond motifs is 1. The quantitative estimate of drug-likeness (QED) is 0.408. The Hall–Kier alpha value is -3.27. The third-order valence-corrected chi connectivity index (χ3v) is 4.46. The number of carbonyl (C=O) groups excluding carboxylic acids is 3. The molecular weight excluding hydrogens is 404 g/mol. The molecule has 168 valence electrons. The fraction of sp³-hybridized carbons (Fsp3) is 0.476. The molecule has 0 spiro atoms. The predicted molar refractivity (Wildman–Crippen MR) is 114 cm³/mol. The third kappa shape index (κ3) is 7.18. The van der Waals surface area contributed by atoms with Crippen molar-refractivity contribution in [1.82, 2.24) is 20.4 Å². The number of aromatic nitrogens is 2. The number of benzene rings is 1. The average Bonchev–Trinajstić information content (AvgIpc) is 2.76. The molecular formula is C21H28N4O6. The summed E-state index contributed by atoms with van der Waals surface area (Å²) in [5.74, 6) is -1.64. The second kappa shape index (κ2) is 12.4. The largest absolute Gasteiger partial charge is 0.451 e. The summed E-state index contributed by atoms with van der Waals surface area (Å²) < 4.78 is 11.1. The van der Waals surface area contributed by atoms with Gasteiger partial charge in [-0.2, -0.15) is 5.10 Å². The van der Waals surface area contributed by atoms with Crippen molar-refractivity contribution in [3.63, 3.8) is 0 Å². The lowest BCUT2D eigenvalue weighted by atomic mass is 10.1. The van der Waals surface area contributed by atoms with E-state index in [2.05, 4.69) is 17.3 Å². The molecule has 0 radical (unpaired) electrons. The molecule has 0 saturated carbocycles. The number of hydrogen-bond acceptors (Lipinski definition) is 7. The van der Waals surface area contributed by atoms with E-state index >= 15 is 0 Å². The van der Waals surface area contributed by atoms with Crippen LogP contribution in [-0.2, 0) is 20.8 Å². The molecule has 1 aromatic carbocycles. The maximum absolute atomic E-state index is 12.7. The number of esters is 1. The molecule has 0 aliphatic carbocycles. The van der Waals surface area contributed by atoms with E-state index in [1.807, 2.05) is 5.32 Å². The molecule has 0 aliphatic heterocycles. The first-order valence-corrected chi connectivity index (χ1v) is 10.2. The zero-order chi connectivity index (χ0) is 22.6. The highest BCUT2D eigenvalue weighted by Crippen LogP contribution is 2.14. The lowest BCUT2D eigenvalue weighted by molar-refractivity contribution is -0.123. The number of aryl methyl sites for hydroxylation is 1. The summed E-state index contributed by atoms with van der Waals surface area (Å²) in [5.41, 5.74) is -0.336. The number of rotatable bonds is 11. The molecule has 0 bridgehead atoms. The summed E-state index contributed by atoms with van der Waals surface area (Å²) in [5, 5.41) is 9.35. The number of methoxy groups -OCH3 is 1. The number of nitrogens with one attached hydrogen (secondary N) is 2. The molecule has 0 fully saturated rings. The molecule has 0 atom stereocenters. The Morgan fingerprint density at radius 3 is 2.55 bits per heavy atom. The first-order chi connectivity index (χ1) is 15.0. The van der Waals surface area contributed by atoms with Gasteiger partial charge in [-0.25, -0.2) is 14.3 Å². The molecule has 1 aromatic heterocycles. The van der Waals surface area contributed by atoms with Gasteiger partial charge in [-0.05, 0) is 12.5 Å². The van der Waals surface area contributed by atoms with Gasteiger partial charge in [0.05, 0.1) is 12.0 Å². The van der Waals surface area contributed by atoms with Crippen LogP contribution in [0.15, 0.2) is 29.1 Å². The second-order valence-electron chi connectivity index (χ2n) is 6.86. The summed E-state index contributed by atoms with van der Waals surface area (Å²) in [6, 6.07) is 5.89. The Morgan fingerprint density at radius 2 is 1.84 bits per heavy atom. The van der Waals surface area contributed by atoms with Crippen molar-refractivity contribution in [2.45, 2.75) is 39.2 Å². The lowest BCUT2D eigenvalue weighted by Gasteiger charge is -2.11. The van der Waals surface area contributed by atoms with Crippen LogP contribution in [0.4, 0.5) is 4.79 Å². The van der Waals surface area contributed by atoms with Crippen LogP contribution in [0, 0.1) is 0 Å². The van der Waals surface area contributed by atoms with Gasteiger partial charge < -0.3 is 14.8 Å². The Kier molecular flexibility index (Phi) is 9.63. The number of imide groups is 1. The summed E-state index contributed by atoms with van der Waals surface area (Å²) in [7, 11) is 1.48. The van der Waals surface area contributed by atoms with Gasteiger partial charge in [-0.1, -0.05) is 44.4 Å². The maximum atomic E-state index is 12.7. The number of unbranched alkanes of at least 4 members (excludes halogenated alkanes) is 3. The fourth-order valence-electron chi connectivity index (χ4n) is 2.90. The van der Waals surface area contributed by atoms with Crippen molar-refractivity contribution in [3.05, 3.63) is 40.3 Å². The first kappa shape index (κ1) is 24.0. The van der Waals surface area contributed by atoms with Gasteiger partial charge in [0, 0.05) is 25.6 Å². The van der Waals surface area contributed by atoms with Crippen LogP contribution >= 0.6 is 0 Å². The molecule has 1 heterocycles.